The van der Waals surface area contributed by atoms with Crippen molar-refractivity contribution in [1.29, 1.82) is 0 Å². The van der Waals surface area contributed by atoms with E-state index >= 15 is 0 Å². The Morgan fingerprint density at radius 3 is 2.38 bits per heavy atom. The zero-order valence-corrected chi connectivity index (χ0v) is 14.3. The summed E-state index contributed by atoms with van der Waals surface area (Å²) in [5.74, 6) is -1.07. The van der Waals surface area contributed by atoms with Gasteiger partial charge in [0.2, 0.25) is 5.91 Å². The van der Waals surface area contributed by atoms with E-state index in [1.165, 1.54) is 10.7 Å². The molecule has 3 rings (SSSR count). The summed E-state index contributed by atoms with van der Waals surface area (Å²) in [7, 11) is 0. The zero-order chi connectivity index (χ0) is 18.5. The average molecular weight is 349 g/mol. The minimum Gasteiger partial charge on any atom is -0.477 e. The summed E-state index contributed by atoms with van der Waals surface area (Å²) in [5.41, 5.74) is 3.31. The molecule has 1 heterocycles. The molecule has 0 saturated carbocycles. The molecule has 0 aliphatic heterocycles. The van der Waals surface area contributed by atoms with Crippen LogP contribution in [0.3, 0.4) is 0 Å². The maximum atomic E-state index is 12.0. The van der Waals surface area contributed by atoms with Crippen molar-refractivity contribution >= 4 is 11.9 Å². The lowest BCUT2D eigenvalue weighted by atomic mass is 10.1. The van der Waals surface area contributed by atoms with Gasteiger partial charge >= 0.3 is 5.97 Å². The second-order valence-corrected chi connectivity index (χ2v) is 5.99. The van der Waals surface area contributed by atoms with Crippen molar-refractivity contribution in [2.45, 2.75) is 19.9 Å². The molecule has 0 radical (unpaired) electrons. The highest BCUT2D eigenvalue weighted by molar-refractivity contribution is 5.86. The Morgan fingerprint density at radius 1 is 1.04 bits per heavy atom. The maximum absolute atomic E-state index is 12.0. The summed E-state index contributed by atoms with van der Waals surface area (Å²) in [6.07, 6.45) is 0.341. The fraction of sp³-hybridized carbons (Fsp3) is 0.150. The molecule has 2 N–H and O–H groups in total. The minimum absolute atomic E-state index is 0.0452. The van der Waals surface area contributed by atoms with E-state index in [1.54, 1.807) is 19.1 Å². The Balaban J connectivity index is 1.63. The van der Waals surface area contributed by atoms with Crippen LogP contribution in [0.15, 0.2) is 60.7 Å². The third-order valence-electron chi connectivity index (χ3n) is 3.93. The maximum Gasteiger partial charge on any atom is 0.354 e. The summed E-state index contributed by atoms with van der Waals surface area (Å²) in [4.78, 5) is 23.3. The van der Waals surface area contributed by atoms with Crippen LogP contribution in [0.25, 0.3) is 5.69 Å². The van der Waals surface area contributed by atoms with Crippen molar-refractivity contribution in [1.82, 2.24) is 15.1 Å². The zero-order valence-electron chi connectivity index (χ0n) is 14.3. The van der Waals surface area contributed by atoms with Crippen LogP contribution in [0, 0.1) is 6.92 Å². The van der Waals surface area contributed by atoms with Gasteiger partial charge < -0.3 is 10.4 Å². The number of aromatic carboxylic acids is 1. The lowest BCUT2D eigenvalue weighted by molar-refractivity contribution is -0.120. The van der Waals surface area contributed by atoms with Crippen LogP contribution in [0.4, 0.5) is 0 Å². The molecule has 26 heavy (non-hydrogen) atoms. The molecule has 0 aliphatic carbocycles. The van der Waals surface area contributed by atoms with E-state index in [4.69, 9.17) is 0 Å². The molecule has 6 nitrogen and oxygen atoms in total. The molecule has 1 amide bonds. The highest BCUT2D eigenvalue weighted by Crippen LogP contribution is 2.14. The Morgan fingerprint density at radius 2 is 1.73 bits per heavy atom. The van der Waals surface area contributed by atoms with Crippen molar-refractivity contribution in [3.63, 3.8) is 0 Å². The summed E-state index contributed by atoms with van der Waals surface area (Å²) >= 11 is 0. The van der Waals surface area contributed by atoms with Crippen molar-refractivity contribution in [2.75, 3.05) is 0 Å². The molecule has 3 aromatic rings. The van der Waals surface area contributed by atoms with E-state index in [2.05, 4.69) is 10.4 Å². The van der Waals surface area contributed by atoms with Crippen LogP contribution >= 0.6 is 0 Å². The number of amides is 1. The molecule has 2 aromatic carbocycles. The van der Waals surface area contributed by atoms with Gasteiger partial charge in [0.25, 0.3) is 0 Å². The van der Waals surface area contributed by atoms with Crippen LogP contribution < -0.4 is 5.32 Å². The predicted octanol–water partition coefficient (Wildman–Crippen LogP) is 2.74. The van der Waals surface area contributed by atoms with Gasteiger partial charge in [0.05, 0.1) is 17.8 Å². The first-order chi connectivity index (χ1) is 12.5. The topological polar surface area (TPSA) is 84.2 Å². The number of hydrogen-bond acceptors (Lipinski definition) is 3. The third kappa shape index (κ3) is 4.16. The lowest BCUT2D eigenvalue weighted by Crippen LogP contribution is -2.24. The van der Waals surface area contributed by atoms with Crippen LogP contribution in [0.5, 0.6) is 0 Å². The predicted molar refractivity (Wildman–Crippen MR) is 97.3 cm³/mol. The Hall–Kier alpha value is -3.41. The van der Waals surface area contributed by atoms with Crippen LogP contribution in [0.2, 0.25) is 0 Å². The Bertz CT molecular complexity index is 915. The van der Waals surface area contributed by atoms with E-state index in [9.17, 15) is 14.7 Å². The number of carboxylic acid groups (broad SMARTS) is 1. The van der Waals surface area contributed by atoms with E-state index in [0.29, 0.717) is 24.3 Å². The Labute approximate surface area is 151 Å². The van der Waals surface area contributed by atoms with Crippen LogP contribution in [-0.2, 0) is 17.8 Å². The normalized spacial score (nSPS) is 10.5. The standard InChI is InChI=1S/C20H19N3O3/c1-14-11-18(20(25)26)23(22-14)17-9-7-16(8-10-17)13-21-19(24)12-15-5-3-2-4-6-15/h2-11H,12-13H2,1H3,(H,21,24)(H,25,26). The Kier molecular flexibility index (Phi) is 5.12. The molecule has 0 spiro atoms. The fourth-order valence-electron chi connectivity index (χ4n) is 2.65. The first kappa shape index (κ1) is 17.4. The number of nitrogens with zero attached hydrogens (tertiary/aromatic N) is 2. The third-order valence-corrected chi connectivity index (χ3v) is 3.93. The molecular weight excluding hydrogens is 330 g/mol. The van der Waals surface area contributed by atoms with Gasteiger partial charge in [-0.15, -0.1) is 0 Å². The highest BCUT2D eigenvalue weighted by atomic mass is 16.4. The molecule has 0 atom stereocenters. The van der Waals surface area contributed by atoms with E-state index in [-0.39, 0.29) is 11.6 Å². The number of aryl methyl sites for hydroxylation is 1. The van der Waals surface area contributed by atoms with E-state index in [1.807, 2.05) is 42.5 Å². The van der Waals surface area contributed by atoms with Gasteiger partial charge in [-0.05, 0) is 36.2 Å². The summed E-state index contributed by atoms with van der Waals surface area (Å²) in [5, 5.41) is 16.4. The average Bonchev–Trinajstić information content (AvgIpc) is 3.03. The summed E-state index contributed by atoms with van der Waals surface area (Å²) in [6.45, 7) is 2.16. The summed E-state index contributed by atoms with van der Waals surface area (Å²) < 4.78 is 1.40. The lowest BCUT2D eigenvalue weighted by Gasteiger charge is -2.08. The molecule has 0 fully saturated rings. The molecule has 0 bridgehead atoms. The van der Waals surface area contributed by atoms with Gasteiger partial charge in [-0.1, -0.05) is 42.5 Å². The number of carboxylic acids is 1. The first-order valence-corrected chi connectivity index (χ1v) is 8.23. The molecule has 1 aromatic heterocycles. The quantitative estimate of drug-likeness (QED) is 0.717. The van der Waals surface area contributed by atoms with Crippen molar-refractivity contribution < 1.29 is 14.7 Å². The fourth-order valence-corrected chi connectivity index (χ4v) is 2.65. The smallest absolute Gasteiger partial charge is 0.354 e. The molecule has 0 aliphatic rings. The van der Waals surface area contributed by atoms with Gasteiger partial charge in [0.15, 0.2) is 5.69 Å². The van der Waals surface area contributed by atoms with E-state index < -0.39 is 5.97 Å². The van der Waals surface area contributed by atoms with Gasteiger partial charge in [0.1, 0.15) is 0 Å². The van der Waals surface area contributed by atoms with Gasteiger partial charge in [-0.25, -0.2) is 9.48 Å². The number of carbonyl (C=O) groups excluding carboxylic acids is 1. The monoisotopic (exact) mass is 349 g/mol. The van der Waals surface area contributed by atoms with Crippen molar-refractivity contribution in [3.05, 3.63) is 83.2 Å². The number of rotatable bonds is 6. The molecule has 6 heteroatoms. The number of aromatic nitrogens is 2. The largest absolute Gasteiger partial charge is 0.477 e. The molecule has 0 unspecified atom stereocenters. The molecular formula is C20H19N3O3. The van der Waals surface area contributed by atoms with Gasteiger partial charge in [-0.3, -0.25) is 4.79 Å². The highest BCUT2D eigenvalue weighted by Gasteiger charge is 2.13. The second kappa shape index (κ2) is 7.65. The first-order valence-electron chi connectivity index (χ1n) is 8.23. The molecule has 0 saturated heterocycles. The van der Waals surface area contributed by atoms with Crippen molar-refractivity contribution in [3.8, 4) is 5.69 Å². The van der Waals surface area contributed by atoms with Crippen LogP contribution in [0.1, 0.15) is 27.3 Å². The van der Waals surface area contributed by atoms with Crippen LogP contribution in [-0.4, -0.2) is 26.8 Å². The molecule has 132 valence electrons. The number of hydrogen-bond donors (Lipinski definition) is 2. The number of nitrogens with one attached hydrogen (secondary N) is 1. The van der Waals surface area contributed by atoms with E-state index in [0.717, 1.165) is 11.1 Å². The van der Waals surface area contributed by atoms with Crippen molar-refractivity contribution in [2.24, 2.45) is 0 Å². The van der Waals surface area contributed by atoms with Gasteiger partial charge in [-0.2, -0.15) is 5.10 Å². The second-order valence-electron chi connectivity index (χ2n) is 5.99. The SMILES string of the molecule is Cc1cc(C(=O)O)n(-c2ccc(CNC(=O)Cc3ccccc3)cc2)n1. The minimum atomic E-state index is -1.03. The van der Waals surface area contributed by atoms with Gasteiger partial charge in [0, 0.05) is 6.54 Å². The number of benzene rings is 2. The number of carbonyl (C=O) groups is 2. The summed E-state index contributed by atoms with van der Waals surface area (Å²) in [6, 6.07) is 18.4.